The Balaban J connectivity index is 1.94. The Hall–Kier alpha value is -3.92. The first-order valence-electron chi connectivity index (χ1n) is 8.92. The molecule has 0 aromatic heterocycles. The zero-order valence-corrected chi connectivity index (χ0v) is 17.2. The van der Waals surface area contributed by atoms with Gasteiger partial charge in [0.25, 0.3) is 0 Å². The van der Waals surface area contributed by atoms with Gasteiger partial charge < -0.3 is 14.6 Å². The van der Waals surface area contributed by atoms with Crippen molar-refractivity contribution in [2.75, 3.05) is 7.11 Å². The van der Waals surface area contributed by atoms with E-state index in [-0.39, 0.29) is 22.1 Å². The minimum Gasteiger partial charge on any atom is -0.497 e. The number of benzene rings is 2. The molecule has 0 atom stereocenters. The van der Waals surface area contributed by atoms with Gasteiger partial charge in [-0.3, -0.25) is 0 Å². The predicted octanol–water partition coefficient (Wildman–Crippen LogP) is 2.96. The van der Waals surface area contributed by atoms with Gasteiger partial charge in [-0.25, -0.2) is 18.0 Å². The SMILES string of the molecule is COc1ccc(S(=O)(=O)C2=CC(C(=O)OCc3ccccc3)=CC=NN2C(=O)O)cc1. The lowest BCUT2D eigenvalue weighted by Crippen LogP contribution is -2.28. The number of allylic oxidation sites excluding steroid dienone is 1. The van der Waals surface area contributed by atoms with Gasteiger partial charge >= 0.3 is 12.1 Å². The molecule has 31 heavy (non-hydrogen) atoms. The maximum atomic E-state index is 13.1. The minimum atomic E-state index is -4.35. The largest absolute Gasteiger partial charge is 0.497 e. The van der Waals surface area contributed by atoms with E-state index in [1.807, 2.05) is 6.07 Å². The number of sulfone groups is 1. The Morgan fingerprint density at radius 3 is 2.35 bits per heavy atom. The van der Waals surface area contributed by atoms with Crippen LogP contribution in [0.4, 0.5) is 4.79 Å². The Labute approximate surface area is 178 Å². The summed E-state index contributed by atoms with van der Waals surface area (Å²) in [6.45, 7) is -0.0365. The van der Waals surface area contributed by atoms with Crippen LogP contribution in [-0.4, -0.2) is 43.9 Å². The first-order chi connectivity index (χ1) is 14.8. The smallest absolute Gasteiger partial charge is 0.433 e. The minimum absolute atomic E-state index is 0.0365. The molecule has 0 saturated carbocycles. The number of ether oxygens (including phenoxy) is 2. The molecule has 0 fully saturated rings. The lowest BCUT2D eigenvalue weighted by atomic mass is 10.2. The van der Waals surface area contributed by atoms with Gasteiger partial charge in [-0.1, -0.05) is 30.3 Å². The van der Waals surface area contributed by atoms with Crippen LogP contribution in [0.15, 0.2) is 87.3 Å². The number of carbonyl (C=O) groups excluding carboxylic acids is 1. The number of carbonyl (C=O) groups is 2. The summed E-state index contributed by atoms with van der Waals surface area (Å²) >= 11 is 0. The summed E-state index contributed by atoms with van der Waals surface area (Å²) in [5, 5.41) is 12.7. The normalized spacial score (nSPS) is 13.6. The average molecular weight is 442 g/mol. The Morgan fingerprint density at radius 1 is 1.06 bits per heavy atom. The van der Waals surface area contributed by atoms with Crippen LogP contribution in [0.1, 0.15) is 5.56 Å². The summed E-state index contributed by atoms with van der Waals surface area (Å²) in [5.74, 6) is -0.406. The molecule has 10 heteroatoms. The zero-order valence-electron chi connectivity index (χ0n) is 16.3. The molecule has 1 amide bonds. The quantitative estimate of drug-likeness (QED) is 0.682. The molecule has 0 radical (unpaired) electrons. The molecule has 1 N–H and O–H groups in total. The molecule has 1 heterocycles. The summed E-state index contributed by atoms with van der Waals surface area (Å²) in [6, 6.07) is 14.3. The van der Waals surface area contributed by atoms with Crippen molar-refractivity contribution in [2.45, 2.75) is 11.5 Å². The number of methoxy groups -OCH3 is 1. The fourth-order valence-electron chi connectivity index (χ4n) is 2.62. The van der Waals surface area contributed by atoms with E-state index in [9.17, 15) is 23.1 Å². The van der Waals surface area contributed by atoms with Crippen molar-refractivity contribution in [3.05, 3.63) is 82.9 Å². The zero-order chi connectivity index (χ0) is 22.4. The van der Waals surface area contributed by atoms with Gasteiger partial charge in [0.1, 0.15) is 12.4 Å². The lowest BCUT2D eigenvalue weighted by Gasteiger charge is -2.17. The van der Waals surface area contributed by atoms with Gasteiger partial charge in [-0.2, -0.15) is 10.1 Å². The van der Waals surface area contributed by atoms with E-state index in [4.69, 9.17) is 9.47 Å². The predicted molar refractivity (Wildman–Crippen MR) is 111 cm³/mol. The fraction of sp³-hybridized carbons (Fsp3) is 0.0952. The maximum absolute atomic E-state index is 13.1. The Bertz CT molecular complexity index is 1170. The molecule has 0 saturated heterocycles. The van der Waals surface area contributed by atoms with Crippen LogP contribution in [-0.2, 0) is 26.0 Å². The number of hydrogen-bond donors (Lipinski definition) is 1. The summed E-state index contributed by atoms with van der Waals surface area (Å²) in [6.07, 6.45) is 1.49. The van der Waals surface area contributed by atoms with Crippen LogP contribution in [0.5, 0.6) is 5.75 Å². The van der Waals surface area contributed by atoms with E-state index in [0.717, 1.165) is 17.9 Å². The van der Waals surface area contributed by atoms with Crippen LogP contribution >= 0.6 is 0 Å². The second-order valence-corrected chi connectivity index (χ2v) is 8.10. The van der Waals surface area contributed by atoms with Gasteiger partial charge in [-0.15, -0.1) is 0 Å². The molecular formula is C21H18N2O7S. The standard InChI is InChI=1S/C21H18N2O7S/c1-29-17-7-9-18(10-8-17)31(27,28)19-13-16(11-12-22-23(19)21(25)26)20(24)30-14-15-5-3-2-4-6-15/h2-13H,14H2,1H3,(H,25,26). The van der Waals surface area contributed by atoms with Crippen molar-refractivity contribution in [1.82, 2.24) is 5.01 Å². The number of nitrogens with zero attached hydrogens (tertiary/aromatic N) is 2. The van der Waals surface area contributed by atoms with E-state index in [1.165, 1.54) is 37.5 Å². The molecule has 0 bridgehead atoms. The van der Waals surface area contributed by atoms with Gasteiger partial charge in [0.15, 0.2) is 5.03 Å². The Kier molecular flexibility index (Phi) is 6.51. The number of esters is 1. The monoisotopic (exact) mass is 442 g/mol. The highest BCUT2D eigenvalue weighted by Gasteiger charge is 2.32. The molecule has 3 rings (SSSR count). The van der Waals surface area contributed by atoms with Crippen LogP contribution < -0.4 is 4.74 Å². The molecule has 2 aromatic carbocycles. The molecule has 0 aliphatic carbocycles. The number of carboxylic acid groups (broad SMARTS) is 1. The van der Waals surface area contributed by atoms with Crippen molar-refractivity contribution in [1.29, 1.82) is 0 Å². The van der Waals surface area contributed by atoms with E-state index >= 15 is 0 Å². The van der Waals surface area contributed by atoms with Gasteiger partial charge in [0.05, 0.1) is 17.6 Å². The van der Waals surface area contributed by atoms with Crippen LogP contribution in [0.2, 0.25) is 0 Å². The molecule has 0 spiro atoms. The number of rotatable bonds is 6. The van der Waals surface area contributed by atoms with Crippen molar-refractivity contribution in [2.24, 2.45) is 5.10 Å². The van der Waals surface area contributed by atoms with E-state index < -0.39 is 26.9 Å². The summed E-state index contributed by atoms with van der Waals surface area (Å²) < 4.78 is 36.5. The second kappa shape index (κ2) is 9.26. The first kappa shape index (κ1) is 21.8. The summed E-state index contributed by atoms with van der Waals surface area (Å²) in [7, 11) is -2.92. The third-order valence-electron chi connectivity index (χ3n) is 4.20. The molecule has 160 valence electrons. The molecule has 0 unspecified atom stereocenters. The van der Waals surface area contributed by atoms with Crippen LogP contribution in [0.25, 0.3) is 0 Å². The van der Waals surface area contributed by atoms with E-state index in [2.05, 4.69) is 5.10 Å². The molecular weight excluding hydrogens is 424 g/mol. The van der Waals surface area contributed by atoms with Crippen LogP contribution in [0, 0.1) is 0 Å². The Morgan fingerprint density at radius 2 is 1.74 bits per heavy atom. The highest BCUT2D eigenvalue weighted by atomic mass is 32.2. The second-order valence-electron chi connectivity index (χ2n) is 6.20. The van der Waals surface area contributed by atoms with E-state index in [1.54, 1.807) is 24.3 Å². The third-order valence-corrected chi connectivity index (χ3v) is 5.93. The van der Waals surface area contributed by atoms with E-state index in [0.29, 0.717) is 5.75 Å². The molecule has 1 aliphatic rings. The lowest BCUT2D eigenvalue weighted by molar-refractivity contribution is -0.139. The molecule has 1 aliphatic heterocycles. The average Bonchev–Trinajstić information content (AvgIpc) is 3.02. The van der Waals surface area contributed by atoms with Crippen molar-refractivity contribution >= 4 is 28.1 Å². The number of hydrogen-bond acceptors (Lipinski definition) is 7. The number of hydrazone groups is 1. The van der Waals surface area contributed by atoms with Crippen molar-refractivity contribution in [3.63, 3.8) is 0 Å². The summed E-state index contributed by atoms with van der Waals surface area (Å²) in [4.78, 5) is 24.0. The van der Waals surface area contributed by atoms with Gasteiger partial charge in [0, 0.05) is 6.21 Å². The van der Waals surface area contributed by atoms with Crippen LogP contribution in [0.3, 0.4) is 0 Å². The fourth-order valence-corrected chi connectivity index (χ4v) is 3.99. The molecule has 2 aromatic rings. The molecule has 9 nitrogen and oxygen atoms in total. The topological polar surface area (TPSA) is 123 Å². The highest BCUT2D eigenvalue weighted by Crippen LogP contribution is 2.27. The summed E-state index contributed by atoms with van der Waals surface area (Å²) in [5.41, 5.74) is 0.566. The van der Waals surface area contributed by atoms with Gasteiger partial charge in [0.2, 0.25) is 9.84 Å². The van der Waals surface area contributed by atoms with Crippen molar-refractivity contribution < 1.29 is 32.6 Å². The highest BCUT2D eigenvalue weighted by molar-refractivity contribution is 7.95. The van der Waals surface area contributed by atoms with Crippen molar-refractivity contribution in [3.8, 4) is 5.75 Å². The maximum Gasteiger partial charge on any atom is 0.433 e. The third kappa shape index (κ3) is 4.98. The van der Waals surface area contributed by atoms with Gasteiger partial charge in [-0.05, 0) is 42.0 Å². The first-order valence-corrected chi connectivity index (χ1v) is 10.4. The number of amides is 1.